The van der Waals surface area contributed by atoms with Crippen LogP contribution in [0.3, 0.4) is 0 Å². The van der Waals surface area contributed by atoms with E-state index < -0.39 is 0 Å². The number of oxazole rings is 1. The Morgan fingerprint density at radius 2 is 2.00 bits per heavy atom. The van der Waals surface area contributed by atoms with Gasteiger partial charge in [-0.25, -0.2) is 4.98 Å². The summed E-state index contributed by atoms with van der Waals surface area (Å²) >= 11 is 0. The Kier molecular flexibility index (Phi) is 8.24. The van der Waals surface area contributed by atoms with E-state index in [1.165, 1.54) is 18.9 Å². The maximum absolute atomic E-state index is 13.7. The van der Waals surface area contributed by atoms with E-state index in [0.29, 0.717) is 50.3 Å². The number of benzene rings is 2. The van der Waals surface area contributed by atoms with Gasteiger partial charge in [0.25, 0.3) is 0 Å². The summed E-state index contributed by atoms with van der Waals surface area (Å²) in [4.78, 5) is 36.0. The summed E-state index contributed by atoms with van der Waals surface area (Å²) in [5, 5.41) is 2.94. The number of anilines is 1. The van der Waals surface area contributed by atoms with Crippen molar-refractivity contribution in [1.82, 2.24) is 14.9 Å². The van der Waals surface area contributed by atoms with E-state index in [4.69, 9.17) is 9.15 Å². The molecule has 2 aromatic carbocycles. The molecule has 1 N–H and O–H groups in total. The summed E-state index contributed by atoms with van der Waals surface area (Å²) in [6.45, 7) is 6.65. The van der Waals surface area contributed by atoms with Crippen molar-refractivity contribution < 1.29 is 18.7 Å². The zero-order valence-corrected chi connectivity index (χ0v) is 23.1. The van der Waals surface area contributed by atoms with Crippen LogP contribution in [0.5, 0.6) is 5.75 Å². The second kappa shape index (κ2) is 12.2. The van der Waals surface area contributed by atoms with Gasteiger partial charge in [-0.3, -0.25) is 14.6 Å². The first-order valence-corrected chi connectivity index (χ1v) is 13.6. The molecule has 0 fully saturated rings. The minimum Gasteiger partial charge on any atom is -0.491 e. The summed E-state index contributed by atoms with van der Waals surface area (Å²) in [5.74, 6) is 0.483. The van der Waals surface area contributed by atoms with Gasteiger partial charge in [-0.15, -0.1) is 0 Å². The van der Waals surface area contributed by atoms with Gasteiger partial charge in [0, 0.05) is 45.1 Å². The SMILES string of the molecule is CC(=O)Nc1cc2c(cc1OCCc1cccnc1)C(c1ccc(C)cc1C)N(C(=O)CCc1cocn1)CC2. The van der Waals surface area contributed by atoms with Crippen LogP contribution in [0.2, 0.25) is 0 Å². The van der Waals surface area contributed by atoms with E-state index in [9.17, 15) is 9.59 Å². The highest BCUT2D eigenvalue weighted by molar-refractivity contribution is 5.91. The maximum atomic E-state index is 13.7. The zero-order chi connectivity index (χ0) is 28.1. The van der Waals surface area contributed by atoms with E-state index in [-0.39, 0.29) is 17.9 Å². The summed E-state index contributed by atoms with van der Waals surface area (Å²) < 4.78 is 11.4. The van der Waals surface area contributed by atoms with Crippen molar-refractivity contribution >= 4 is 17.5 Å². The third-order valence-electron chi connectivity index (χ3n) is 7.27. The Balaban J connectivity index is 1.50. The molecule has 3 heterocycles. The van der Waals surface area contributed by atoms with Gasteiger partial charge in [-0.2, -0.15) is 0 Å². The fraction of sp³-hybridized carbons (Fsp3) is 0.312. The van der Waals surface area contributed by atoms with Gasteiger partial charge in [-0.05, 0) is 66.3 Å². The van der Waals surface area contributed by atoms with Crippen LogP contribution in [-0.4, -0.2) is 39.8 Å². The third-order valence-corrected chi connectivity index (χ3v) is 7.27. The molecule has 8 heteroatoms. The summed E-state index contributed by atoms with van der Waals surface area (Å²) in [7, 11) is 0. The van der Waals surface area contributed by atoms with Crippen molar-refractivity contribution in [3.8, 4) is 5.75 Å². The largest absolute Gasteiger partial charge is 0.491 e. The minimum atomic E-state index is -0.277. The Bertz CT molecular complexity index is 1480. The number of aromatic nitrogens is 2. The van der Waals surface area contributed by atoms with E-state index in [1.807, 2.05) is 35.4 Å². The number of nitrogens with one attached hydrogen (secondary N) is 1. The normalized spacial score (nSPS) is 14.5. The summed E-state index contributed by atoms with van der Waals surface area (Å²) in [6.07, 6.45) is 8.74. The predicted molar refractivity (Wildman–Crippen MR) is 152 cm³/mol. The van der Waals surface area contributed by atoms with Gasteiger partial charge in [0.15, 0.2) is 6.39 Å². The number of ether oxygens (including phenoxy) is 1. The topological polar surface area (TPSA) is 97.6 Å². The van der Waals surface area contributed by atoms with Crippen LogP contribution in [0.1, 0.15) is 58.5 Å². The van der Waals surface area contributed by atoms with Crippen LogP contribution in [0.25, 0.3) is 0 Å². The van der Waals surface area contributed by atoms with Crippen molar-refractivity contribution in [2.45, 2.75) is 52.5 Å². The van der Waals surface area contributed by atoms with Gasteiger partial charge < -0.3 is 19.4 Å². The van der Waals surface area contributed by atoms with Crippen molar-refractivity contribution in [2.24, 2.45) is 0 Å². The molecule has 2 amide bonds. The van der Waals surface area contributed by atoms with Crippen molar-refractivity contribution in [3.63, 3.8) is 0 Å². The van der Waals surface area contributed by atoms with Crippen LogP contribution < -0.4 is 10.1 Å². The zero-order valence-electron chi connectivity index (χ0n) is 23.1. The molecule has 0 aliphatic carbocycles. The quantitative estimate of drug-likeness (QED) is 0.308. The number of rotatable bonds is 9. The average Bonchev–Trinajstić information content (AvgIpc) is 3.46. The molecule has 206 valence electrons. The Labute approximate surface area is 234 Å². The molecule has 4 aromatic rings. The van der Waals surface area contributed by atoms with E-state index in [0.717, 1.165) is 33.5 Å². The number of hydrogen-bond acceptors (Lipinski definition) is 6. The van der Waals surface area contributed by atoms with Crippen molar-refractivity contribution in [3.05, 3.63) is 107 Å². The summed E-state index contributed by atoms with van der Waals surface area (Å²) in [5.41, 5.74) is 7.94. The van der Waals surface area contributed by atoms with Crippen molar-refractivity contribution in [1.29, 1.82) is 0 Å². The van der Waals surface area contributed by atoms with Gasteiger partial charge in [0.2, 0.25) is 11.8 Å². The van der Waals surface area contributed by atoms with Crippen LogP contribution in [0.4, 0.5) is 5.69 Å². The highest BCUT2D eigenvalue weighted by atomic mass is 16.5. The molecule has 5 rings (SSSR count). The van der Waals surface area contributed by atoms with E-state index in [2.05, 4.69) is 47.3 Å². The molecular weight excluding hydrogens is 504 g/mol. The number of amides is 2. The smallest absolute Gasteiger partial charge is 0.223 e. The lowest BCUT2D eigenvalue weighted by Gasteiger charge is -2.39. The molecule has 0 spiro atoms. The highest BCUT2D eigenvalue weighted by Gasteiger charge is 2.34. The average molecular weight is 539 g/mol. The van der Waals surface area contributed by atoms with Crippen molar-refractivity contribution in [2.75, 3.05) is 18.5 Å². The fourth-order valence-electron chi connectivity index (χ4n) is 5.36. The maximum Gasteiger partial charge on any atom is 0.223 e. The van der Waals surface area contributed by atoms with Gasteiger partial charge in [0.05, 0.1) is 24.0 Å². The Morgan fingerprint density at radius 1 is 1.12 bits per heavy atom. The van der Waals surface area contributed by atoms with Crippen LogP contribution in [-0.2, 0) is 28.9 Å². The number of carbonyl (C=O) groups is 2. The lowest BCUT2D eigenvalue weighted by Crippen LogP contribution is -2.41. The van der Waals surface area contributed by atoms with Gasteiger partial charge in [0.1, 0.15) is 12.0 Å². The minimum absolute atomic E-state index is 0.0589. The second-order valence-electron chi connectivity index (χ2n) is 10.3. The van der Waals surface area contributed by atoms with Crippen LogP contribution in [0.15, 0.2) is 71.9 Å². The molecule has 0 bridgehead atoms. The highest BCUT2D eigenvalue weighted by Crippen LogP contribution is 2.41. The number of hydrogen-bond donors (Lipinski definition) is 1. The van der Waals surface area contributed by atoms with E-state index >= 15 is 0 Å². The first-order valence-electron chi connectivity index (χ1n) is 13.6. The number of fused-ring (bicyclic) bond motifs is 1. The van der Waals surface area contributed by atoms with Gasteiger partial charge >= 0.3 is 0 Å². The lowest BCUT2D eigenvalue weighted by atomic mass is 9.85. The molecule has 0 saturated heterocycles. The molecule has 1 atom stereocenters. The molecule has 1 aliphatic heterocycles. The lowest BCUT2D eigenvalue weighted by molar-refractivity contribution is -0.133. The molecule has 2 aromatic heterocycles. The summed E-state index contributed by atoms with van der Waals surface area (Å²) in [6, 6.07) is 14.0. The molecular formula is C32H34N4O4. The first-order chi connectivity index (χ1) is 19.4. The third kappa shape index (κ3) is 6.22. The number of pyridine rings is 1. The Hall–Kier alpha value is -4.46. The fourth-order valence-corrected chi connectivity index (χ4v) is 5.36. The van der Waals surface area contributed by atoms with Crippen LogP contribution in [0, 0.1) is 13.8 Å². The van der Waals surface area contributed by atoms with Crippen LogP contribution >= 0.6 is 0 Å². The monoisotopic (exact) mass is 538 g/mol. The number of nitrogens with zero attached hydrogens (tertiary/aromatic N) is 3. The molecule has 0 radical (unpaired) electrons. The molecule has 40 heavy (non-hydrogen) atoms. The second-order valence-corrected chi connectivity index (χ2v) is 10.3. The number of aryl methyl sites for hydroxylation is 3. The molecule has 1 unspecified atom stereocenters. The van der Waals surface area contributed by atoms with Gasteiger partial charge in [-0.1, -0.05) is 29.8 Å². The standard InChI is InChI=1S/C32H34N4O4/c1-21-6-8-27(22(2)15-21)32-28-17-30(40-14-11-24-5-4-12-33-18-24)29(35-23(3)37)16-25(28)10-13-36(32)31(38)9-7-26-19-39-20-34-26/h4-6,8,12,15-20,32H,7,9-11,13-14H2,1-3H3,(H,35,37). The molecule has 0 saturated carbocycles. The Morgan fingerprint density at radius 3 is 2.73 bits per heavy atom. The van der Waals surface area contributed by atoms with E-state index in [1.54, 1.807) is 12.5 Å². The molecule has 8 nitrogen and oxygen atoms in total. The molecule has 1 aliphatic rings. The predicted octanol–water partition coefficient (Wildman–Crippen LogP) is 5.37. The first kappa shape index (κ1) is 27.1. The number of carbonyl (C=O) groups excluding carboxylic acids is 2.